The Bertz CT molecular complexity index is 713. The highest BCUT2D eigenvalue weighted by atomic mass is 127. The first kappa shape index (κ1) is 18.8. The molecule has 1 N–H and O–H groups in total. The molecule has 0 atom stereocenters. The van der Waals surface area contributed by atoms with E-state index in [0.717, 1.165) is 33.3 Å². The van der Waals surface area contributed by atoms with E-state index >= 15 is 0 Å². The molecule has 0 fully saturated rings. The molecule has 2 aromatic carbocycles. The SMILES string of the molecule is CCc1ccc(OCc2c(I)cccc2CC(=O)NC)c(CC)c1. The highest BCUT2D eigenvalue weighted by molar-refractivity contribution is 14.1. The Labute approximate surface area is 157 Å². The minimum absolute atomic E-state index is 0.0137. The fraction of sp³-hybridized carbons (Fsp3) is 0.350. The topological polar surface area (TPSA) is 38.3 Å². The van der Waals surface area contributed by atoms with Gasteiger partial charge in [-0.25, -0.2) is 0 Å². The van der Waals surface area contributed by atoms with Gasteiger partial charge in [-0.1, -0.05) is 38.1 Å². The van der Waals surface area contributed by atoms with Crippen molar-refractivity contribution in [3.05, 3.63) is 62.2 Å². The first-order valence-corrected chi connectivity index (χ1v) is 9.38. The number of carbonyl (C=O) groups is 1. The Kier molecular flexibility index (Phi) is 7.09. The molecule has 2 aromatic rings. The molecule has 0 aromatic heterocycles. The lowest BCUT2D eigenvalue weighted by Crippen LogP contribution is -2.21. The average molecular weight is 437 g/mol. The third kappa shape index (κ3) is 4.72. The summed E-state index contributed by atoms with van der Waals surface area (Å²) in [7, 11) is 1.66. The molecule has 2 rings (SSSR count). The van der Waals surface area contributed by atoms with Crippen LogP contribution in [0.25, 0.3) is 0 Å². The van der Waals surface area contributed by atoms with Crippen LogP contribution >= 0.6 is 22.6 Å². The van der Waals surface area contributed by atoms with E-state index in [1.807, 2.05) is 18.2 Å². The Morgan fingerprint density at radius 3 is 2.58 bits per heavy atom. The monoisotopic (exact) mass is 437 g/mol. The number of likely N-dealkylation sites (N-methyl/N-ethyl adjacent to an activating group) is 1. The predicted octanol–water partition coefficient (Wildman–Crippen LogP) is 4.28. The third-order valence-electron chi connectivity index (χ3n) is 4.13. The fourth-order valence-corrected chi connectivity index (χ4v) is 3.32. The predicted molar refractivity (Wildman–Crippen MR) is 106 cm³/mol. The van der Waals surface area contributed by atoms with Crippen molar-refractivity contribution in [2.75, 3.05) is 7.05 Å². The number of nitrogens with one attached hydrogen (secondary N) is 1. The minimum Gasteiger partial charge on any atom is -0.489 e. The number of carbonyl (C=O) groups excluding carboxylic acids is 1. The van der Waals surface area contributed by atoms with Crippen molar-refractivity contribution in [3.63, 3.8) is 0 Å². The van der Waals surface area contributed by atoms with E-state index < -0.39 is 0 Å². The summed E-state index contributed by atoms with van der Waals surface area (Å²) in [4.78, 5) is 11.7. The van der Waals surface area contributed by atoms with Crippen molar-refractivity contribution < 1.29 is 9.53 Å². The number of halogens is 1. The molecule has 0 saturated carbocycles. The molecule has 0 heterocycles. The van der Waals surface area contributed by atoms with Gasteiger partial charge in [-0.2, -0.15) is 0 Å². The molecule has 0 aliphatic heterocycles. The number of ether oxygens (including phenoxy) is 1. The smallest absolute Gasteiger partial charge is 0.224 e. The van der Waals surface area contributed by atoms with Gasteiger partial charge in [0.15, 0.2) is 0 Å². The minimum atomic E-state index is 0.0137. The maximum Gasteiger partial charge on any atom is 0.224 e. The summed E-state index contributed by atoms with van der Waals surface area (Å²) in [5.74, 6) is 0.944. The lowest BCUT2D eigenvalue weighted by molar-refractivity contribution is -0.119. The molecule has 0 aliphatic rings. The average Bonchev–Trinajstić information content (AvgIpc) is 2.61. The number of amides is 1. The van der Waals surface area contributed by atoms with Gasteiger partial charge in [0.2, 0.25) is 5.91 Å². The summed E-state index contributed by atoms with van der Waals surface area (Å²) >= 11 is 2.31. The van der Waals surface area contributed by atoms with Gasteiger partial charge in [0.05, 0.1) is 6.42 Å². The molecule has 3 nitrogen and oxygen atoms in total. The van der Waals surface area contributed by atoms with E-state index in [2.05, 4.69) is 60.0 Å². The van der Waals surface area contributed by atoms with Crippen LogP contribution in [0, 0.1) is 3.57 Å². The summed E-state index contributed by atoms with van der Waals surface area (Å²) < 4.78 is 7.24. The van der Waals surface area contributed by atoms with Crippen molar-refractivity contribution in [3.8, 4) is 5.75 Å². The van der Waals surface area contributed by atoms with Gasteiger partial charge in [0.25, 0.3) is 0 Å². The zero-order valence-corrected chi connectivity index (χ0v) is 16.6. The van der Waals surface area contributed by atoms with E-state index in [4.69, 9.17) is 4.74 Å². The zero-order valence-electron chi connectivity index (χ0n) is 14.5. The first-order chi connectivity index (χ1) is 11.6. The largest absolute Gasteiger partial charge is 0.489 e. The molecule has 0 bridgehead atoms. The summed E-state index contributed by atoms with van der Waals surface area (Å²) in [6.07, 6.45) is 2.35. The van der Waals surface area contributed by atoms with E-state index in [1.165, 1.54) is 11.1 Å². The molecule has 0 saturated heterocycles. The van der Waals surface area contributed by atoms with Crippen LogP contribution in [0.5, 0.6) is 5.75 Å². The summed E-state index contributed by atoms with van der Waals surface area (Å²) in [5, 5.41) is 2.68. The molecule has 0 radical (unpaired) electrons. The molecule has 0 aliphatic carbocycles. The Hall–Kier alpha value is -1.56. The number of hydrogen-bond donors (Lipinski definition) is 1. The molecule has 0 spiro atoms. The maximum atomic E-state index is 11.7. The second-order valence-corrected chi connectivity index (χ2v) is 6.83. The molecule has 128 valence electrons. The van der Waals surface area contributed by atoms with Crippen molar-refractivity contribution >= 4 is 28.5 Å². The van der Waals surface area contributed by atoms with E-state index in [1.54, 1.807) is 7.05 Å². The summed E-state index contributed by atoms with van der Waals surface area (Å²) in [5.41, 5.74) is 4.66. The molecular formula is C20H24INO2. The van der Waals surface area contributed by atoms with Crippen molar-refractivity contribution in [2.24, 2.45) is 0 Å². The Morgan fingerprint density at radius 1 is 1.12 bits per heavy atom. The summed E-state index contributed by atoms with van der Waals surface area (Å²) in [6, 6.07) is 12.4. The standard InChI is InChI=1S/C20H24INO2/c1-4-14-9-10-19(15(5-2)11-14)24-13-17-16(12-20(23)22-3)7-6-8-18(17)21/h6-11H,4-5,12-13H2,1-3H3,(H,22,23). The van der Waals surface area contributed by atoms with Crippen LogP contribution in [0.15, 0.2) is 36.4 Å². The van der Waals surface area contributed by atoms with Gasteiger partial charge >= 0.3 is 0 Å². The van der Waals surface area contributed by atoms with Crippen LogP contribution in [-0.4, -0.2) is 13.0 Å². The summed E-state index contributed by atoms with van der Waals surface area (Å²) in [6.45, 7) is 4.78. The van der Waals surface area contributed by atoms with Gasteiger partial charge in [-0.3, -0.25) is 4.79 Å². The number of hydrogen-bond acceptors (Lipinski definition) is 2. The maximum absolute atomic E-state index is 11.7. The molecular weight excluding hydrogens is 413 g/mol. The van der Waals surface area contributed by atoms with E-state index in [0.29, 0.717) is 13.0 Å². The molecule has 0 unspecified atom stereocenters. The van der Waals surface area contributed by atoms with E-state index in [9.17, 15) is 4.79 Å². The number of rotatable bonds is 7. The Balaban J connectivity index is 2.21. The fourth-order valence-electron chi connectivity index (χ4n) is 2.61. The first-order valence-electron chi connectivity index (χ1n) is 8.30. The van der Waals surface area contributed by atoms with Crippen LogP contribution in [0.2, 0.25) is 0 Å². The number of aryl methyl sites for hydroxylation is 2. The van der Waals surface area contributed by atoms with Gasteiger partial charge in [0.1, 0.15) is 12.4 Å². The van der Waals surface area contributed by atoms with Crippen LogP contribution in [0.3, 0.4) is 0 Å². The van der Waals surface area contributed by atoms with Crippen molar-refractivity contribution in [1.29, 1.82) is 0 Å². The quantitative estimate of drug-likeness (QED) is 0.657. The van der Waals surface area contributed by atoms with Crippen LogP contribution in [0.1, 0.15) is 36.1 Å². The molecule has 24 heavy (non-hydrogen) atoms. The molecule has 1 amide bonds. The molecule has 4 heteroatoms. The van der Waals surface area contributed by atoms with Crippen LogP contribution in [-0.2, 0) is 30.7 Å². The van der Waals surface area contributed by atoms with Crippen molar-refractivity contribution in [2.45, 2.75) is 39.7 Å². The lowest BCUT2D eigenvalue weighted by Gasteiger charge is -2.15. The van der Waals surface area contributed by atoms with Crippen LogP contribution < -0.4 is 10.1 Å². The number of benzene rings is 2. The van der Waals surface area contributed by atoms with Gasteiger partial charge in [-0.15, -0.1) is 0 Å². The lowest BCUT2D eigenvalue weighted by atomic mass is 10.0. The highest BCUT2D eigenvalue weighted by Crippen LogP contribution is 2.25. The third-order valence-corrected chi connectivity index (χ3v) is 5.14. The second kappa shape index (κ2) is 9.06. The van der Waals surface area contributed by atoms with Gasteiger partial charge in [0, 0.05) is 16.2 Å². The van der Waals surface area contributed by atoms with E-state index in [-0.39, 0.29) is 5.91 Å². The second-order valence-electron chi connectivity index (χ2n) is 5.67. The Morgan fingerprint density at radius 2 is 1.92 bits per heavy atom. The van der Waals surface area contributed by atoms with Gasteiger partial charge < -0.3 is 10.1 Å². The zero-order chi connectivity index (χ0) is 17.5. The highest BCUT2D eigenvalue weighted by Gasteiger charge is 2.12. The van der Waals surface area contributed by atoms with Gasteiger partial charge in [-0.05, 0) is 64.3 Å². The normalized spacial score (nSPS) is 10.5. The van der Waals surface area contributed by atoms with Crippen molar-refractivity contribution in [1.82, 2.24) is 5.32 Å². The van der Waals surface area contributed by atoms with Crippen LogP contribution in [0.4, 0.5) is 0 Å².